The van der Waals surface area contributed by atoms with Crippen LogP contribution < -0.4 is 14.8 Å². The lowest BCUT2D eigenvalue weighted by molar-refractivity contribution is -0.129. The van der Waals surface area contributed by atoms with Crippen LogP contribution in [-0.4, -0.2) is 31.2 Å². The molecule has 2 aromatic rings. The van der Waals surface area contributed by atoms with Gasteiger partial charge in [-0.1, -0.05) is 41.4 Å². The van der Waals surface area contributed by atoms with Gasteiger partial charge in [-0.2, -0.15) is 0 Å². The Kier molecular flexibility index (Phi) is 5.86. The second kappa shape index (κ2) is 8.31. The van der Waals surface area contributed by atoms with Crippen LogP contribution in [0.25, 0.3) is 0 Å². The van der Waals surface area contributed by atoms with Crippen molar-refractivity contribution in [3.05, 3.63) is 58.1 Å². The van der Waals surface area contributed by atoms with Crippen molar-refractivity contribution in [1.29, 1.82) is 0 Å². The summed E-state index contributed by atoms with van der Waals surface area (Å²) in [6.45, 7) is 4.64. The number of amides is 1. The van der Waals surface area contributed by atoms with Crippen LogP contribution >= 0.6 is 11.6 Å². The van der Waals surface area contributed by atoms with Crippen LogP contribution in [0.5, 0.6) is 11.5 Å². The van der Waals surface area contributed by atoms with Crippen molar-refractivity contribution in [2.45, 2.75) is 26.5 Å². The second-order valence-corrected chi connectivity index (χ2v) is 6.64. The summed E-state index contributed by atoms with van der Waals surface area (Å²) >= 11 is 6.13. The Hall–Kier alpha value is -2.73. The number of ether oxygens (including phenoxy) is 3. The fourth-order valence-electron chi connectivity index (χ4n) is 2.55. The molecule has 1 aliphatic heterocycles. The van der Waals surface area contributed by atoms with E-state index in [4.69, 9.17) is 25.8 Å². The van der Waals surface area contributed by atoms with E-state index >= 15 is 0 Å². The van der Waals surface area contributed by atoms with Crippen molar-refractivity contribution in [2.75, 3.05) is 13.2 Å². The Morgan fingerprint density at radius 2 is 1.89 bits per heavy atom. The van der Waals surface area contributed by atoms with Gasteiger partial charge < -0.3 is 19.5 Å². The predicted molar refractivity (Wildman–Crippen MR) is 100 cm³/mol. The van der Waals surface area contributed by atoms with Crippen LogP contribution in [0.2, 0.25) is 5.02 Å². The van der Waals surface area contributed by atoms with Crippen LogP contribution in [0.3, 0.4) is 0 Å². The van der Waals surface area contributed by atoms with E-state index < -0.39 is 12.1 Å². The van der Waals surface area contributed by atoms with E-state index in [-0.39, 0.29) is 16.5 Å². The minimum absolute atomic E-state index is 0.197. The van der Waals surface area contributed by atoms with Gasteiger partial charge in [-0.3, -0.25) is 4.79 Å². The van der Waals surface area contributed by atoms with E-state index in [0.29, 0.717) is 31.3 Å². The Morgan fingerprint density at radius 1 is 1.19 bits per heavy atom. The van der Waals surface area contributed by atoms with Crippen molar-refractivity contribution in [3.63, 3.8) is 0 Å². The summed E-state index contributed by atoms with van der Waals surface area (Å²) < 4.78 is 16.1. The fraction of sp³-hybridized carbons (Fsp3) is 0.300. The normalized spacial score (nSPS) is 13.6. The summed E-state index contributed by atoms with van der Waals surface area (Å²) in [5, 5.41) is 3.01. The molecule has 0 radical (unpaired) electrons. The van der Waals surface area contributed by atoms with Gasteiger partial charge in [-0.15, -0.1) is 0 Å². The summed E-state index contributed by atoms with van der Waals surface area (Å²) in [5.41, 5.74) is 2.30. The Bertz CT molecular complexity index is 850. The SMILES string of the molecule is Cc1ccc(CNC(=O)[C@H](C)OC(=O)c2cc(Cl)c3c(c2)OCCO3)cc1. The van der Waals surface area contributed by atoms with E-state index in [1.807, 2.05) is 31.2 Å². The molecule has 1 aliphatic rings. The largest absolute Gasteiger partial charge is 0.486 e. The van der Waals surface area contributed by atoms with Crippen molar-refractivity contribution in [2.24, 2.45) is 0 Å². The van der Waals surface area contributed by atoms with Crippen molar-refractivity contribution >= 4 is 23.5 Å². The van der Waals surface area contributed by atoms with Gasteiger partial charge in [-0.25, -0.2) is 4.79 Å². The maximum Gasteiger partial charge on any atom is 0.339 e. The first-order chi connectivity index (χ1) is 12.9. The molecule has 0 unspecified atom stereocenters. The standard InChI is InChI=1S/C20H20ClNO5/c1-12-3-5-14(6-4-12)11-22-19(23)13(2)27-20(24)15-9-16(21)18-17(10-15)25-7-8-26-18/h3-6,9-10,13H,7-8,11H2,1-2H3,(H,22,23)/t13-/m0/s1. The molecule has 2 aromatic carbocycles. The average Bonchev–Trinajstić information content (AvgIpc) is 2.67. The molecule has 142 valence electrons. The third-order valence-corrected chi connectivity index (χ3v) is 4.35. The second-order valence-electron chi connectivity index (χ2n) is 6.23. The van der Waals surface area contributed by atoms with Gasteiger partial charge in [0.05, 0.1) is 10.6 Å². The predicted octanol–water partition coefficient (Wildman–Crippen LogP) is 3.28. The third-order valence-electron chi connectivity index (χ3n) is 4.07. The van der Waals surface area contributed by atoms with Crippen LogP contribution in [-0.2, 0) is 16.1 Å². The van der Waals surface area contributed by atoms with Gasteiger partial charge in [0.25, 0.3) is 5.91 Å². The molecule has 0 spiro atoms. The molecular formula is C20H20ClNO5. The number of carbonyl (C=O) groups is 2. The Labute approximate surface area is 162 Å². The minimum Gasteiger partial charge on any atom is -0.486 e. The maximum absolute atomic E-state index is 12.4. The van der Waals surface area contributed by atoms with E-state index in [1.54, 1.807) is 0 Å². The van der Waals surface area contributed by atoms with Crippen LogP contribution in [0.4, 0.5) is 0 Å². The minimum atomic E-state index is -0.949. The summed E-state index contributed by atoms with van der Waals surface area (Å²) in [7, 11) is 0. The molecule has 6 nitrogen and oxygen atoms in total. The molecule has 0 bridgehead atoms. The lowest BCUT2D eigenvalue weighted by atomic mass is 10.1. The Morgan fingerprint density at radius 3 is 2.63 bits per heavy atom. The topological polar surface area (TPSA) is 73.9 Å². The summed E-state index contributed by atoms with van der Waals surface area (Å²) in [6, 6.07) is 10.7. The van der Waals surface area contributed by atoms with Gasteiger partial charge in [0.1, 0.15) is 13.2 Å². The average molecular weight is 390 g/mol. The van der Waals surface area contributed by atoms with Crippen molar-refractivity contribution in [3.8, 4) is 11.5 Å². The number of fused-ring (bicyclic) bond motifs is 1. The zero-order chi connectivity index (χ0) is 19.4. The summed E-state index contributed by atoms with van der Waals surface area (Å²) in [4.78, 5) is 24.5. The molecule has 1 atom stereocenters. The van der Waals surface area contributed by atoms with Crippen LogP contribution in [0, 0.1) is 6.92 Å². The lowest BCUT2D eigenvalue weighted by Gasteiger charge is -2.20. The molecule has 3 rings (SSSR count). The highest BCUT2D eigenvalue weighted by atomic mass is 35.5. The van der Waals surface area contributed by atoms with E-state index in [2.05, 4.69) is 5.32 Å². The van der Waals surface area contributed by atoms with Gasteiger partial charge >= 0.3 is 5.97 Å². The highest BCUT2D eigenvalue weighted by Gasteiger charge is 2.23. The maximum atomic E-state index is 12.4. The van der Waals surface area contributed by atoms with Gasteiger partial charge in [0.15, 0.2) is 17.6 Å². The molecule has 0 fully saturated rings. The number of rotatable bonds is 5. The van der Waals surface area contributed by atoms with Gasteiger partial charge in [0.2, 0.25) is 0 Å². The molecule has 1 amide bonds. The lowest BCUT2D eigenvalue weighted by Crippen LogP contribution is -2.35. The van der Waals surface area contributed by atoms with Gasteiger partial charge in [0, 0.05) is 6.54 Å². The highest BCUT2D eigenvalue weighted by Crippen LogP contribution is 2.38. The molecule has 0 saturated heterocycles. The molecule has 27 heavy (non-hydrogen) atoms. The van der Waals surface area contributed by atoms with Gasteiger partial charge in [-0.05, 0) is 31.5 Å². The number of hydrogen-bond donors (Lipinski definition) is 1. The molecule has 1 heterocycles. The molecule has 1 N–H and O–H groups in total. The van der Waals surface area contributed by atoms with E-state index in [0.717, 1.165) is 11.1 Å². The summed E-state index contributed by atoms with van der Waals surface area (Å²) in [5.74, 6) is -0.250. The molecule has 0 saturated carbocycles. The highest BCUT2D eigenvalue weighted by molar-refractivity contribution is 6.32. The quantitative estimate of drug-likeness (QED) is 0.794. The molecule has 0 aromatic heterocycles. The number of aryl methyl sites for hydroxylation is 1. The molecule has 0 aliphatic carbocycles. The zero-order valence-corrected chi connectivity index (χ0v) is 15.8. The van der Waals surface area contributed by atoms with E-state index in [1.165, 1.54) is 19.1 Å². The van der Waals surface area contributed by atoms with Crippen LogP contribution in [0.15, 0.2) is 36.4 Å². The van der Waals surface area contributed by atoms with E-state index in [9.17, 15) is 9.59 Å². The first-order valence-corrected chi connectivity index (χ1v) is 8.95. The number of esters is 1. The monoisotopic (exact) mass is 389 g/mol. The Balaban J connectivity index is 1.59. The fourth-order valence-corrected chi connectivity index (χ4v) is 2.81. The zero-order valence-electron chi connectivity index (χ0n) is 15.1. The number of hydrogen-bond acceptors (Lipinski definition) is 5. The third kappa shape index (κ3) is 4.71. The molecule has 7 heteroatoms. The first-order valence-electron chi connectivity index (χ1n) is 8.57. The summed E-state index contributed by atoms with van der Waals surface area (Å²) in [6.07, 6.45) is -0.949. The number of halogens is 1. The number of nitrogens with one attached hydrogen (secondary N) is 1. The van der Waals surface area contributed by atoms with Crippen LogP contribution in [0.1, 0.15) is 28.4 Å². The number of carbonyl (C=O) groups excluding carboxylic acids is 2. The smallest absolute Gasteiger partial charge is 0.339 e. The number of benzene rings is 2. The van der Waals surface area contributed by atoms with Crippen molar-refractivity contribution < 1.29 is 23.8 Å². The van der Waals surface area contributed by atoms with Crippen molar-refractivity contribution in [1.82, 2.24) is 5.32 Å². The first kappa shape index (κ1) is 19.0. The molecular weight excluding hydrogens is 370 g/mol.